The van der Waals surface area contributed by atoms with Crippen LogP contribution in [0.1, 0.15) is 17.5 Å². The topological polar surface area (TPSA) is 90.1 Å². The van der Waals surface area contributed by atoms with E-state index >= 15 is 0 Å². The fourth-order valence-electron chi connectivity index (χ4n) is 0.792. The molecule has 7 nitrogen and oxygen atoms in total. The summed E-state index contributed by atoms with van der Waals surface area (Å²) in [6, 6.07) is 0. The summed E-state index contributed by atoms with van der Waals surface area (Å²) in [5.74, 6) is -0.572. The molecule has 0 aliphatic carbocycles. The van der Waals surface area contributed by atoms with Gasteiger partial charge in [-0.25, -0.2) is 9.48 Å². The maximum Gasteiger partial charge on any atom is 0.378 e. The summed E-state index contributed by atoms with van der Waals surface area (Å²) in [5, 5.41) is 18.9. The van der Waals surface area contributed by atoms with Crippen LogP contribution in [0.15, 0.2) is 0 Å². The van der Waals surface area contributed by atoms with Crippen LogP contribution >= 0.6 is 0 Å². The van der Waals surface area contributed by atoms with Crippen molar-refractivity contribution in [3.05, 3.63) is 5.82 Å². The Bertz CT molecular complexity index is 285. The summed E-state index contributed by atoms with van der Waals surface area (Å²) in [5.41, 5.74) is 0. The SMILES string of the molecule is CCOC(=O)c1nnnn1CCO. The van der Waals surface area contributed by atoms with Crippen molar-refractivity contribution in [2.75, 3.05) is 13.2 Å². The van der Waals surface area contributed by atoms with Gasteiger partial charge in [0.1, 0.15) is 0 Å². The maximum atomic E-state index is 11.1. The summed E-state index contributed by atoms with van der Waals surface area (Å²) >= 11 is 0. The lowest BCUT2D eigenvalue weighted by molar-refractivity contribution is 0.0503. The van der Waals surface area contributed by atoms with E-state index in [9.17, 15) is 4.79 Å². The van der Waals surface area contributed by atoms with Gasteiger partial charge in [-0.15, -0.1) is 5.10 Å². The number of rotatable bonds is 4. The van der Waals surface area contributed by atoms with Crippen molar-refractivity contribution in [3.8, 4) is 0 Å². The number of esters is 1. The minimum atomic E-state index is -0.582. The summed E-state index contributed by atoms with van der Waals surface area (Å²) in [6.07, 6.45) is 0. The third kappa shape index (κ3) is 2.22. The van der Waals surface area contributed by atoms with Gasteiger partial charge in [0.15, 0.2) is 0 Å². The van der Waals surface area contributed by atoms with Crippen molar-refractivity contribution in [2.45, 2.75) is 13.5 Å². The van der Waals surface area contributed by atoms with E-state index in [0.717, 1.165) is 0 Å². The quantitative estimate of drug-likeness (QED) is 0.596. The Morgan fingerprint density at radius 1 is 1.69 bits per heavy atom. The largest absolute Gasteiger partial charge is 0.460 e. The molecule has 72 valence electrons. The second-order valence-electron chi connectivity index (χ2n) is 2.17. The molecule has 0 radical (unpaired) electrons. The molecule has 0 saturated heterocycles. The van der Waals surface area contributed by atoms with Gasteiger partial charge in [-0.3, -0.25) is 0 Å². The highest BCUT2D eigenvalue weighted by atomic mass is 16.5. The molecule has 1 N–H and O–H groups in total. The Hall–Kier alpha value is -1.50. The second-order valence-corrected chi connectivity index (χ2v) is 2.17. The third-order valence-electron chi connectivity index (χ3n) is 1.30. The molecule has 13 heavy (non-hydrogen) atoms. The molecule has 7 heteroatoms. The molecule has 1 rings (SSSR count). The maximum absolute atomic E-state index is 11.1. The first kappa shape index (κ1) is 9.59. The van der Waals surface area contributed by atoms with E-state index in [1.165, 1.54) is 4.68 Å². The Morgan fingerprint density at radius 3 is 3.08 bits per heavy atom. The zero-order chi connectivity index (χ0) is 9.68. The molecule has 0 aromatic carbocycles. The minimum Gasteiger partial charge on any atom is -0.460 e. The molecule has 0 amide bonds. The first-order chi connectivity index (χ1) is 6.29. The highest BCUT2D eigenvalue weighted by Gasteiger charge is 2.15. The van der Waals surface area contributed by atoms with Gasteiger partial charge in [0.25, 0.3) is 5.82 Å². The third-order valence-corrected chi connectivity index (χ3v) is 1.30. The molecule has 0 atom stereocenters. The molecule has 0 fully saturated rings. The minimum absolute atomic E-state index is 0.0101. The zero-order valence-corrected chi connectivity index (χ0v) is 7.17. The van der Waals surface area contributed by atoms with E-state index in [4.69, 9.17) is 5.11 Å². The molecule has 1 heterocycles. The van der Waals surface area contributed by atoms with Gasteiger partial charge in [-0.05, 0) is 17.4 Å². The van der Waals surface area contributed by atoms with Gasteiger partial charge in [-0.2, -0.15) is 0 Å². The van der Waals surface area contributed by atoms with Crippen molar-refractivity contribution in [2.24, 2.45) is 0 Å². The van der Waals surface area contributed by atoms with E-state index < -0.39 is 5.97 Å². The van der Waals surface area contributed by atoms with E-state index in [0.29, 0.717) is 0 Å². The fraction of sp³-hybridized carbons (Fsp3) is 0.667. The fourth-order valence-corrected chi connectivity index (χ4v) is 0.792. The lowest BCUT2D eigenvalue weighted by Crippen LogP contribution is -2.16. The Labute approximate surface area is 74.3 Å². The molecule has 0 aliphatic rings. The molecular weight excluding hydrogens is 176 g/mol. The average Bonchev–Trinajstić information content (AvgIpc) is 2.54. The highest BCUT2D eigenvalue weighted by molar-refractivity contribution is 5.85. The number of ether oxygens (including phenoxy) is 1. The van der Waals surface area contributed by atoms with Gasteiger partial charge in [0.2, 0.25) is 0 Å². The number of aliphatic hydroxyl groups is 1. The van der Waals surface area contributed by atoms with Crippen molar-refractivity contribution >= 4 is 5.97 Å². The van der Waals surface area contributed by atoms with Crippen molar-refractivity contribution in [1.29, 1.82) is 0 Å². The van der Waals surface area contributed by atoms with Gasteiger partial charge in [0, 0.05) is 0 Å². The number of aromatic nitrogens is 4. The molecular formula is C6H10N4O3. The van der Waals surface area contributed by atoms with Crippen molar-refractivity contribution in [1.82, 2.24) is 20.2 Å². The van der Waals surface area contributed by atoms with Crippen LogP contribution in [-0.2, 0) is 11.3 Å². The molecule has 0 unspecified atom stereocenters. The number of carbonyl (C=O) groups is 1. The van der Waals surface area contributed by atoms with E-state index in [-0.39, 0.29) is 25.6 Å². The van der Waals surface area contributed by atoms with E-state index in [1.54, 1.807) is 6.92 Å². The monoisotopic (exact) mass is 186 g/mol. The number of carbonyl (C=O) groups excluding carboxylic acids is 1. The van der Waals surface area contributed by atoms with Crippen LogP contribution in [0.5, 0.6) is 0 Å². The van der Waals surface area contributed by atoms with Gasteiger partial charge in [0.05, 0.1) is 19.8 Å². The van der Waals surface area contributed by atoms with Crippen LogP contribution in [-0.4, -0.2) is 44.5 Å². The summed E-state index contributed by atoms with van der Waals surface area (Å²) in [7, 11) is 0. The summed E-state index contributed by atoms with van der Waals surface area (Å²) in [4.78, 5) is 11.1. The molecule has 1 aromatic rings. The van der Waals surface area contributed by atoms with Crippen LogP contribution < -0.4 is 0 Å². The predicted molar refractivity (Wildman–Crippen MR) is 40.9 cm³/mol. The average molecular weight is 186 g/mol. The first-order valence-electron chi connectivity index (χ1n) is 3.83. The molecule has 0 aliphatic heterocycles. The Kier molecular flexibility index (Phi) is 3.32. The first-order valence-corrected chi connectivity index (χ1v) is 3.83. The number of hydrogen-bond acceptors (Lipinski definition) is 6. The predicted octanol–water partition coefficient (Wildman–Crippen LogP) is -1.16. The number of aliphatic hydroxyl groups excluding tert-OH is 1. The summed E-state index contributed by atoms with van der Waals surface area (Å²) in [6.45, 7) is 2.02. The smallest absolute Gasteiger partial charge is 0.378 e. The molecule has 0 saturated carbocycles. The Balaban J connectivity index is 2.74. The van der Waals surface area contributed by atoms with Crippen molar-refractivity contribution < 1.29 is 14.6 Å². The Morgan fingerprint density at radius 2 is 2.46 bits per heavy atom. The number of tetrazole rings is 1. The highest BCUT2D eigenvalue weighted by Crippen LogP contribution is 1.94. The van der Waals surface area contributed by atoms with Crippen LogP contribution in [0.3, 0.4) is 0 Å². The molecule has 0 bridgehead atoms. The molecule has 1 aromatic heterocycles. The van der Waals surface area contributed by atoms with E-state index in [2.05, 4.69) is 20.3 Å². The van der Waals surface area contributed by atoms with Gasteiger partial charge in [-0.1, -0.05) is 0 Å². The van der Waals surface area contributed by atoms with Crippen LogP contribution in [0, 0.1) is 0 Å². The number of nitrogens with zero attached hydrogens (tertiary/aromatic N) is 4. The van der Waals surface area contributed by atoms with Crippen LogP contribution in [0.4, 0.5) is 0 Å². The van der Waals surface area contributed by atoms with Gasteiger partial charge < -0.3 is 9.84 Å². The standard InChI is InChI=1S/C6H10N4O3/c1-2-13-6(12)5-7-8-9-10(5)3-4-11/h11H,2-4H2,1H3. The summed E-state index contributed by atoms with van der Waals surface area (Å²) < 4.78 is 5.88. The lowest BCUT2D eigenvalue weighted by atomic mass is 10.6. The lowest BCUT2D eigenvalue weighted by Gasteiger charge is -2.00. The normalized spacial score (nSPS) is 10.0. The number of hydrogen-bond donors (Lipinski definition) is 1. The molecule has 0 spiro atoms. The van der Waals surface area contributed by atoms with Crippen LogP contribution in [0.25, 0.3) is 0 Å². The van der Waals surface area contributed by atoms with Crippen molar-refractivity contribution in [3.63, 3.8) is 0 Å². The van der Waals surface area contributed by atoms with Gasteiger partial charge >= 0.3 is 5.97 Å². The zero-order valence-electron chi connectivity index (χ0n) is 7.17. The van der Waals surface area contributed by atoms with E-state index in [1.807, 2.05) is 0 Å². The second kappa shape index (κ2) is 4.51. The van der Waals surface area contributed by atoms with Crippen LogP contribution in [0.2, 0.25) is 0 Å².